The number of phenolic OH excluding ortho intramolecular Hbond substituents is 3. The summed E-state index contributed by atoms with van der Waals surface area (Å²) >= 11 is 0. The molecule has 0 saturated carbocycles. The normalized spacial score (nSPS) is 10.6. The lowest BCUT2D eigenvalue weighted by Gasteiger charge is -2.03. The molecule has 2 aromatic rings. The molecule has 6 nitrogen and oxygen atoms in total. The fraction of sp³-hybridized carbons (Fsp3) is 0. The van der Waals surface area contributed by atoms with E-state index in [-0.39, 0.29) is 28.4 Å². The maximum Gasteiger partial charge on any atom is 0.275 e. The van der Waals surface area contributed by atoms with Crippen molar-refractivity contribution in [3.05, 3.63) is 53.6 Å². The molecule has 0 atom stereocenters. The molecule has 102 valence electrons. The Morgan fingerprint density at radius 1 is 0.950 bits per heavy atom. The molecule has 2 rings (SSSR count). The molecule has 6 heteroatoms. The Morgan fingerprint density at radius 3 is 2.20 bits per heavy atom. The third kappa shape index (κ3) is 2.86. The van der Waals surface area contributed by atoms with Crippen LogP contribution in [0.3, 0.4) is 0 Å². The summed E-state index contributed by atoms with van der Waals surface area (Å²) < 4.78 is 0. The van der Waals surface area contributed by atoms with Crippen LogP contribution in [-0.4, -0.2) is 27.4 Å². The molecule has 0 aliphatic carbocycles. The van der Waals surface area contributed by atoms with Crippen LogP contribution in [0.25, 0.3) is 0 Å². The average Bonchev–Trinajstić information content (AvgIpc) is 2.42. The molecule has 0 unspecified atom stereocenters. The van der Waals surface area contributed by atoms with Crippen LogP contribution in [0.15, 0.2) is 47.6 Å². The van der Waals surface area contributed by atoms with Crippen molar-refractivity contribution in [2.45, 2.75) is 0 Å². The predicted molar refractivity (Wildman–Crippen MR) is 72.9 cm³/mol. The van der Waals surface area contributed by atoms with Crippen LogP contribution in [0.4, 0.5) is 0 Å². The fourth-order valence-electron chi connectivity index (χ4n) is 1.55. The first-order valence-corrected chi connectivity index (χ1v) is 5.72. The number of hydrazone groups is 1. The molecule has 2 aromatic carbocycles. The smallest absolute Gasteiger partial charge is 0.275 e. The molecule has 0 heterocycles. The van der Waals surface area contributed by atoms with Gasteiger partial charge in [0.2, 0.25) is 0 Å². The zero-order valence-electron chi connectivity index (χ0n) is 10.3. The third-order valence-electron chi connectivity index (χ3n) is 2.57. The van der Waals surface area contributed by atoms with E-state index in [2.05, 4.69) is 10.5 Å². The van der Waals surface area contributed by atoms with Gasteiger partial charge in [0, 0.05) is 0 Å². The highest BCUT2D eigenvalue weighted by molar-refractivity contribution is 5.97. The molecular formula is C14H12N2O4. The van der Waals surface area contributed by atoms with Gasteiger partial charge in [-0.2, -0.15) is 5.10 Å². The Morgan fingerprint density at radius 2 is 1.55 bits per heavy atom. The van der Waals surface area contributed by atoms with E-state index >= 15 is 0 Å². The van der Waals surface area contributed by atoms with E-state index in [4.69, 9.17) is 0 Å². The number of phenols is 3. The number of nitrogens with one attached hydrogen (secondary N) is 1. The van der Waals surface area contributed by atoms with Gasteiger partial charge in [-0.05, 0) is 24.3 Å². The molecule has 0 spiro atoms. The number of hydrogen-bond donors (Lipinski definition) is 4. The van der Waals surface area contributed by atoms with E-state index in [9.17, 15) is 20.1 Å². The molecule has 0 aliphatic rings. The summed E-state index contributed by atoms with van der Waals surface area (Å²) in [7, 11) is 0. The summed E-state index contributed by atoms with van der Waals surface area (Å²) in [5.74, 6) is -1.09. The summed E-state index contributed by atoms with van der Waals surface area (Å²) in [4.78, 5) is 11.7. The van der Waals surface area contributed by atoms with Gasteiger partial charge in [-0.15, -0.1) is 0 Å². The molecule has 0 bridgehead atoms. The Bertz CT molecular complexity index is 648. The summed E-state index contributed by atoms with van der Waals surface area (Å²) in [5.41, 5.74) is 2.35. The molecule has 4 N–H and O–H groups in total. The average molecular weight is 272 g/mol. The van der Waals surface area contributed by atoms with Crippen LogP contribution in [0.1, 0.15) is 15.9 Å². The summed E-state index contributed by atoms with van der Waals surface area (Å²) in [6.45, 7) is 0. The first-order valence-electron chi connectivity index (χ1n) is 5.72. The monoisotopic (exact) mass is 272 g/mol. The standard InChI is InChI=1S/C14H12N2O4/c17-11-5-2-1-4-9(11)14(20)16-15-8-10-12(18)6-3-7-13(10)19/h1-8,17-19H,(H,16,20). The second-order valence-electron chi connectivity index (χ2n) is 3.93. The third-order valence-corrected chi connectivity index (χ3v) is 2.57. The second kappa shape index (κ2) is 5.75. The van der Waals surface area contributed by atoms with Crippen LogP contribution < -0.4 is 5.43 Å². The van der Waals surface area contributed by atoms with Gasteiger partial charge in [-0.1, -0.05) is 18.2 Å². The van der Waals surface area contributed by atoms with E-state index in [0.717, 1.165) is 6.21 Å². The van der Waals surface area contributed by atoms with Crippen molar-refractivity contribution in [2.75, 3.05) is 0 Å². The first-order chi connectivity index (χ1) is 9.59. The van der Waals surface area contributed by atoms with Gasteiger partial charge >= 0.3 is 0 Å². The molecular weight excluding hydrogens is 260 g/mol. The number of nitrogens with zero attached hydrogens (tertiary/aromatic N) is 1. The molecule has 0 radical (unpaired) electrons. The number of carbonyl (C=O) groups excluding carboxylic acids is 1. The van der Waals surface area contributed by atoms with Gasteiger partial charge < -0.3 is 15.3 Å². The number of amides is 1. The van der Waals surface area contributed by atoms with Gasteiger partial charge in [0.15, 0.2) is 0 Å². The number of benzene rings is 2. The van der Waals surface area contributed by atoms with Crippen LogP contribution in [0, 0.1) is 0 Å². The zero-order valence-corrected chi connectivity index (χ0v) is 10.3. The maximum atomic E-state index is 11.7. The summed E-state index contributed by atoms with van der Waals surface area (Å²) in [6.07, 6.45) is 1.11. The molecule has 1 amide bonds. The minimum absolute atomic E-state index is 0.0751. The Balaban J connectivity index is 2.11. The van der Waals surface area contributed by atoms with Crippen molar-refractivity contribution in [2.24, 2.45) is 5.10 Å². The zero-order chi connectivity index (χ0) is 14.5. The van der Waals surface area contributed by atoms with E-state index in [1.54, 1.807) is 12.1 Å². The van der Waals surface area contributed by atoms with Crippen molar-refractivity contribution in [1.29, 1.82) is 0 Å². The van der Waals surface area contributed by atoms with E-state index in [0.29, 0.717) is 0 Å². The number of carbonyl (C=O) groups is 1. The lowest BCUT2D eigenvalue weighted by Crippen LogP contribution is -2.17. The largest absolute Gasteiger partial charge is 0.507 e. The molecule has 0 aliphatic heterocycles. The van der Waals surface area contributed by atoms with Gasteiger partial charge in [-0.3, -0.25) is 4.79 Å². The molecule has 20 heavy (non-hydrogen) atoms. The topological polar surface area (TPSA) is 102 Å². The molecule has 0 fully saturated rings. The molecule has 0 aromatic heterocycles. The van der Waals surface area contributed by atoms with Crippen molar-refractivity contribution < 1.29 is 20.1 Å². The van der Waals surface area contributed by atoms with Crippen molar-refractivity contribution in [1.82, 2.24) is 5.43 Å². The summed E-state index contributed by atoms with van der Waals surface area (Å²) in [6, 6.07) is 10.3. The Hall–Kier alpha value is -3.02. The fourth-order valence-corrected chi connectivity index (χ4v) is 1.55. The second-order valence-corrected chi connectivity index (χ2v) is 3.93. The SMILES string of the molecule is O=C(NN=Cc1c(O)cccc1O)c1ccccc1O. The number of aromatic hydroxyl groups is 3. The number of hydrogen-bond acceptors (Lipinski definition) is 5. The molecule has 0 saturated heterocycles. The minimum Gasteiger partial charge on any atom is -0.507 e. The van der Waals surface area contributed by atoms with Crippen molar-refractivity contribution in [3.8, 4) is 17.2 Å². The quantitative estimate of drug-likeness (QED) is 0.503. The maximum absolute atomic E-state index is 11.7. The summed E-state index contributed by atoms with van der Waals surface area (Å²) in [5, 5.41) is 32.1. The number of rotatable bonds is 3. The van der Waals surface area contributed by atoms with Crippen molar-refractivity contribution >= 4 is 12.1 Å². The van der Waals surface area contributed by atoms with Gasteiger partial charge in [0.05, 0.1) is 17.3 Å². The Kier molecular flexibility index (Phi) is 3.85. The predicted octanol–water partition coefficient (Wildman–Crippen LogP) is 1.57. The van der Waals surface area contributed by atoms with Crippen LogP contribution >= 0.6 is 0 Å². The Labute approximate surface area is 114 Å². The highest BCUT2D eigenvalue weighted by Gasteiger charge is 2.09. The highest BCUT2D eigenvalue weighted by Crippen LogP contribution is 2.23. The highest BCUT2D eigenvalue weighted by atomic mass is 16.3. The van der Waals surface area contributed by atoms with Crippen molar-refractivity contribution in [3.63, 3.8) is 0 Å². The van der Waals surface area contributed by atoms with Crippen LogP contribution in [0.5, 0.6) is 17.2 Å². The van der Waals surface area contributed by atoms with E-state index < -0.39 is 5.91 Å². The number of para-hydroxylation sites is 1. The van der Waals surface area contributed by atoms with Gasteiger partial charge in [0.25, 0.3) is 5.91 Å². The van der Waals surface area contributed by atoms with Crippen LogP contribution in [-0.2, 0) is 0 Å². The lowest BCUT2D eigenvalue weighted by molar-refractivity contribution is 0.0952. The van der Waals surface area contributed by atoms with E-state index in [1.165, 1.54) is 30.3 Å². The first kappa shape index (κ1) is 13.4. The van der Waals surface area contributed by atoms with Gasteiger partial charge in [0.1, 0.15) is 17.2 Å². The lowest BCUT2D eigenvalue weighted by atomic mass is 10.2. The van der Waals surface area contributed by atoms with E-state index in [1.807, 2.05) is 0 Å². The van der Waals surface area contributed by atoms with Gasteiger partial charge in [-0.25, -0.2) is 5.43 Å². The minimum atomic E-state index is -0.603. The van der Waals surface area contributed by atoms with Crippen LogP contribution in [0.2, 0.25) is 0 Å².